The lowest BCUT2D eigenvalue weighted by atomic mass is 9.94. The fourth-order valence-electron chi connectivity index (χ4n) is 2.16. The number of carbonyl (C=O) groups excluding carboxylic acids is 1. The number of nitrogens with two attached hydrogens (primary N) is 1. The fraction of sp³-hybridized carbons (Fsp3) is 0.917. The number of rotatable bonds is 5. The molecule has 0 aromatic heterocycles. The van der Waals surface area contributed by atoms with Gasteiger partial charge in [-0.2, -0.15) is 11.8 Å². The topological polar surface area (TPSA) is 55.6 Å². The van der Waals surface area contributed by atoms with Gasteiger partial charge in [-0.3, -0.25) is 4.79 Å². The molecule has 1 saturated heterocycles. The molecule has 1 aliphatic heterocycles. The molecule has 1 fully saturated rings. The number of methoxy groups -OCH3 is 1. The van der Waals surface area contributed by atoms with E-state index in [4.69, 9.17) is 10.5 Å². The van der Waals surface area contributed by atoms with E-state index >= 15 is 0 Å². The Morgan fingerprint density at radius 3 is 2.94 bits per heavy atom. The van der Waals surface area contributed by atoms with E-state index < -0.39 is 0 Å². The molecule has 0 aromatic rings. The molecule has 0 aromatic carbocycles. The van der Waals surface area contributed by atoms with Gasteiger partial charge in [-0.25, -0.2) is 0 Å². The fourth-order valence-corrected chi connectivity index (χ4v) is 2.65. The first-order valence-electron chi connectivity index (χ1n) is 6.11. The van der Waals surface area contributed by atoms with Crippen molar-refractivity contribution in [1.29, 1.82) is 0 Å². The highest BCUT2D eigenvalue weighted by molar-refractivity contribution is 7.98. The lowest BCUT2D eigenvalue weighted by Crippen LogP contribution is -2.54. The molecule has 2 atom stereocenters. The van der Waals surface area contributed by atoms with E-state index in [2.05, 4.69) is 6.92 Å². The summed E-state index contributed by atoms with van der Waals surface area (Å²) in [6.07, 6.45) is 4.78. The predicted molar refractivity (Wildman–Crippen MR) is 72.2 cm³/mol. The van der Waals surface area contributed by atoms with E-state index in [0.717, 1.165) is 31.6 Å². The summed E-state index contributed by atoms with van der Waals surface area (Å²) in [6, 6.07) is -0.360. The van der Waals surface area contributed by atoms with Gasteiger partial charge in [0.15, 0.2) is 0 Å². The minimum Gasteiger partial charge on any atom is -0.377 e. The molecule has 0 radical (unpaired) electrons. The van der Waals surface area contributed by atoms with Gasteiger partial charge in [0.25, 0.3) is 0 Å². The summed E-state index contributed by atoms with van der Waals surface area (Å²) in [6.45, 7) is 3.53. The first-order valence-corrected chi connectivity index (χ1v) is 7.50. The molecule has 0 aliphatic carbocycles. The van der Waals surface area contributed by atoms with Gasteiger partial charge in [0.05, 0.1) is 11.6 Å². The summed E-state index contributed by atoms with van der Waals surface area (Å²) >= 11 is 1.72. The molecule has 1 rings (SSSR count). The second-order valence-electron chi connectivity index (χ2n) is 4.91. The molecule has 17 heavy (non-hydrogen) atoms. The van der Waals surface area contributed by atoms with E-state index in [1.54, 1.807) is 18.9 Å². The molecule has 1 unspecified atom stereocenters. The van der Waals surface area contributed by atoms with Gasteiger partial charge in [-0.1, -0.05) is 0 Å². The summed E-state index contributed by atoms with van der Waals surface area (Å²) in [4.78, 5) is 14.0. The average molecular weight is 260 g/mol. The standard InChI is InChI=1S/C12H24N2O2S/c1-12(16-2)6-4-7-14(9-12)11(15)10(13)5-8-17-3/h10H,4-9,13H2,1-3H3/t10-,12?/m0/s1. The molecule has 5 heteroatoms. The summed E-state index contributed by atoms with van der Waals surface area (Å²) in [7, 11) is 1.71. The lowest BCUT2D eigenvalue weighted by molar-refractivity contribution is -0.140. The second-order valence-corrected chi connectivity index (χ2v) is 5.89. The normalized spacial score (nSPS) is 26.9. The maximum atomic E-state index is 12.1. The second kappa shape index (κ2) is 6.61. The monoisotopic (exact) mass is 260 g/mol. The highest BCUT2D eigenvalue weighted by Crippen LogP contribution is 2.24. The van der Waals surface area contributed by atoms with E-state index in [1.165, 1.54) is 0 Å². The van der Waals surface area contributed by atoms with Crippen LogP contribution in [0.2, 0.25) is 0 Å². The Morgan fingerprint density at radius 1 is 1.65 bits per heavy atom. The number of carbonyl (C=O) groups is 1. The van der Waals surface area contributed by atoms with E-state index in [0.29, 0.717) is 6.54 Å². The zero-order valence-corrected chi connectivity index (χ0v) is 11.9. The van der Waals surface area contributed by atoms with Gasteiger partial charge in [0.1, 0.15) is 0 Å². The number of hydrogen-bond acceptors (Lipinski definition) is 4. The Labute approximate surface area is 108 Å². The molecule has 0 saturated carbocycles. The summed E-state index contributed by atoms with van der Waals surface area (Å²) in [5.74, 6) is 1.00. The highest BCUT2D eigenvalue weighted by atomic mass is 32.2. The van der Waals surface area contributed by atoms with Crippen molar-refractivity contribution >= 4 is 17.7 Å². The summed E-state index contributed by atoms with van der Waals surface area (Å²) in [5.41, 5.74) is 5.72. The Hall–Kier alpha value is -0.260. The van der Waals surface area contributed by atoms with Gasteiger partial charge < -0.3 is 15.4 Å². The van der Waals surface area contributed by atoms with Crippen molar-refractivity contribution in [3.63, 3.8) is 0 Å². The van der Waals surface area contributed by atoms with Crippen molar-refractivity contribution in [1.82, 2.24) is 4.90 Å². The number of piperidine rings is 1. The Balaban J connectivity index is 2.51. The van der Waals surface area contributed by atoms with E-state index in [1.807, 2.05) is 11.2 Å². The SMILES string of the molecule is COC1(C)CCCN(C(=O)[C@@H](N)CCSC)C1. The quantitative estimate of drug-likeness (QED) is 0.804. The van der Waals surface area contributed by atoms with Gasteiger partial charge in [0, 0.05) is 20.2 Å². The lowest BCUT2D eigenvalue weighted by Gasteiger charge is -2.40. The van der Waals surface area contributed by atoms with Crippen molar-refractivity contribution in [3.05, 3.63) is 0 Å². The predicted octanol–water partition coefficient (Wildman–Crippen LogP) is 1.09. The Bertz CT molecular complexity index is 263. The minimum atomic E-state index is -0.360. The average Bonchev–Trinajstić information content (AvgIpc) is 2.35. The van der Waals surface area contributed by atoms with Gasteiger partial charge in [-0.15, -0.1) is 0 Å². The molecule has 100 valence electrons. The number of nitrogens with zero attached hydrogens (tertiary/aromatic N) is 1. The first-order chi connectivity index (χ1) is 8.02. The minimum absolute atomic E-state index is 0.0713. The van der Waals surface area contributed by atoms with Gasteiger partial charge in [0.2, 0.25) is 5.91 Å². The smallest absolute Gasteiger partial charge is 0.239 e. The molecule has 4 nitrogen and oxygen atoms in total. The third kappa shape index (κ3) is 4.16. The van der Waals surface area contributed by atoms with Crippen LogP contribution in [-0.4, -0.2) is 54.7 Å². The molecule has 0 bridgehead atoms. The molecule has 1 aliphatic rings. The molecule has 0 spiro atoms. The zero-order valence-electron chi connectivity index (χ0n) is 11.1. The first kappa shape index (κ1) is 14.8. The molecular formula is C12H24N2O2S. The summed E-state index contributed by atoms with van der Waals surface area (Å²) < 4.78 is 5.48. The highest BCUT2D eigenvalue weighted by Gasteiger charge is 2.34. The van der Waals surface area contributed by atoms with Crippen LogP contribution in [0.1, 0.15) is 26.2 Å². The number of hydrogen-bond donors (Lipinski definition) is 1. The molecule has 1 heterocycles. The van der Waals surface area contributed by atoms with Crippen LogP contribution in [0.4, 0.5) is 0 Å². The van der Waals surface area contributed by atoms with Crippen molar-refractivity contribution in [3.8, 4) is 0 Å². The van der Waals surface area contributed by atoms with Crippen LogP contribution in [0, 0.1) is 0 Å². The van der Waals surface area contributed by atoms with Crippen LogP contribution in [0.15, 0.2) is 0 Å². The Morgan fingerprint density at radius 2 is 2.35 bits per heavy atom. The van der Waals surface area contributed by atoms with Crippen LogP contribution in [0.25, 0.3) is 0 Å². The third-order valence-corrected chi connectivity index (χ3v) is 4.06. The maximum Gasteiger partial charge on any atom is 0.239 e. The largest absolute Gasteiger partial charge is 0.377 e. The van der Waals surface area contributed by atoms with E-state index in [9.17, 15) is 4.79 Å². The summed E-state index contributed by atoms with van der Waals surface area (Å²) in [5, 5.41) is 0. The molecule has 1 amide bonds. The van der Waals surface area contributed by atoms with Crippen LogP contribution < -0.4 is 5.73 Å². The number of ether oxygens (including phenoxy) is 1. The third-order valence-electron chi connectivity index (χ3n) is 3.41. The Kier molecular flexibility index (Phi) is 5.76. The van der Waals surface area contributed by atoms with Crippen LogP contribution in [0.3, 0.4) is 0 Å². The molecule has 2 N–H and O–H groups in total. The number of thioether (sulfide) groups is 1. The van der Waals surface area contributed by atoms with Gasteiger partial charge >= 0.3 is 0 Å². The van der Waals surface area contributed by atoms with Crippen molar-refractivity contribution in [2.24, 2.45) is 5.73 Å². The van der Waals surface area contributed by atoms with E-state index in [-0.39, 0.29) is 17.6 Å². The van der Waals surface area contributed by atoms with Crippen molar-refractivity contribution in [2.75, 3.05) is 32.2 Å². The number of amides is 1. The zero-order chi connectivity index (χ0) is 12.9. The van der Waals surface area contributed by atoms with Crippen LogP contribution >= 0.6 is 11.8 Å². The van der Waals surface area contributed by atoms with Crippen LogP contribution in [0.5, 0.6) is 0 Å². The number of likely N-dealkylation sites (tertiary alicyclic amines) is 1. The van der Waals surface area contributed by atoms with Crippen LogP contribution in [-0.2, 0) is 9.53 Å². The van der Waals surface area contributed by atoms with Gasteiger partial charge in [-0.05, 0) is 38.2 Å². The van der Waals surface area contributed by atoms with Crippen molar-refractivity contribution in [2.45, 2.75) is 37.8 Å². The molecular weight excluding hydrogens is 236 g/mol. The van der Waals surface area contributed by atoms with Crippen molar-refractivity contribution < 1.29 is 9.53 Å². The maximum absolute atomic E-state index is 12.1.